The van der Waals surface area contributed by atoms with Crippen LogP contribution >= 0.6 is 0 Å². The van der Waals surface area contributed by atoms with Gasteiger partial charge in [0.15, 0.2) is 0 Å². The lowest BCUT2D eigenvalue weighted by Crippen LogP contribution is -2.26. The minimum absolute atomic E-state index is 0.0101. The third-order valence-corrected chi connectivity index (χ3v) is 2.69. The summed E-state index contributed by atoms with van der Waals surface area (Å²) in [6.45, 7) is 0.349. The van der Waals surface area contributed by atoms with Gasteiger partial charge in [0.25, 0.3) is 0 Å². The number of ether oxygens (including phenoxy) is 1. The van der Waals surface area contributed by atoms with E-state index >= 15 is 0 Å². The smallest absolute Gasteiger partial charge is 0.315 e. The minimum Gasteiger partial charge on any atom is -0.396 e. The quantitative estimate of drug-likeness (QED) is 0.488. The Bertz CT molecular complexity index is 419. The number of hydrogen-bond acceptors (Lipinski definition) is 6. The number of methoxy groups -OCH3 is 1. The largest absolute Gasteiger partial charge is 0.396 e. The number of anilines is 2. The second-order valence-corrected chi connectivity index (χ2v) is 4.02. The second kappa shape index (κ2) is 7.55. The molecule has 0 aliphatic rings. The number of aliphatic hydroxyl groups is 1. The number of hydrogen-bond donors (Lipinski definition) is 3. The molecule has 7 nitrogen and oxygen atoms in total. The molecule has 0 amide bonds. The molecule has 0 saturated carbocycles. The van der Waals surface area contributed by atoms with Crippen LogP contribution in [0.3, 0.4) is 0 Å². The number of benzene rings is 1. The van der Waals surface area contributed by atoms with Crippen LogP contribution in [0.4, 0.5) is 17.1 Å². The molecule has 1 rings (SSSR count). The standard InChI is InChI=1S/C12H19N3O4/c1-13-10-4-3-5-11(12(10)15(17)18)14-9(6-7-16)8-19-2/h3-5,9,13-14,16H,6-8H2,1-2H3. The molecular weight excluding hydrogens is 250 g/mol. The first kappa shape index (κ1) is 15.2. The van der Waals surface area contributed by atoms with Gasteiger partial charge >= 0.3 is 5.69 Å². The third kappa shape index (κ3) is 4.08. The summed E-state index contributed by atoms with van der Waals surface area (Å²) in [7, 11) is 3.18. The van der Waals surface area contributed by atoms with Crippen molar-refractivity contribution in [3.05, 3.63) is 28.3 Å². The zero-order valence-electron chi connectivity index (χ0n) is 11.0. The van der Waals surface area contributed by atoms with Crippen LogP contribution in [0.15, 0.2) is 18.2 Å². The molecule has 1 unspecified atom stereocenters. The fourth-order valence-electron chi connectivity index (χ4n) is 1.83. The molecular formula is C12H19N3O4. The Kier molecular flexibility index (Phi) is 6.04. The Morgan fingerprint density at radius 1 is 1.47 bits per heavy atom. The van der Waals surface area contributed by atoms with Gasteiger partial charge in [-0.3, -0.25) is 10.1 Å². The zero-order valence-corrected chi connectivity index (χ0v) is 11.0. The Morgan fingerprint density at radius 2 is 2.16 bits per heavy atom. The summed E-state index contributed by atoms with van der Waals surface area (Å²) in [4.78, 5) is 10.7. The van der Waals surface area contributed by atoms with Gasteiger partial charge in [-0.2, -0.15) is 0 Å². The molecule has 0 bridgehead atoms. The lowest BCUT2D eigenvalue weighted by Gasteiger charge is -2.18. The van der Waals surface area contributed by atoms with Crippen molar-refractivity contribution in [2.45, 2.75) is 12.5 Å². The number of nitro benzene ring substituents is 1. The highest BCUT2D eigenvalue weighted by molar-refractivity contribution is 5.76. The Balaban J connectivity index is 3.01. The molecule has 0 fully saturated rings. The maximum Gasteiger partial charge on any atom is 0.315 e. The summed E-state index contributed by atoms with van der Waals surface area (Å²) in [5.74, 6) is 0. The first-order chi connectivity index (χ1) is 9.13. The molecule has 0 aliphatic carbocycles. The maximum absolute atomic E-state index is 11.1. The van der Waals surface area contributed by atoms with Crippen molar-refractivity contribution in [3.63, 3.8) is 0 Å². The molecule has 1 aromatic carbocycles. The molecule has 3 N–H and O–H groups in total. The van der Waals surface area contributed by atoms with Gasteiger partial charge in [-0.1, -0.05) is 6.07 Å². The van der Waals surface area contributed by atoms with Gasteiger partial charge in [0.1, 0.15) is 11.4 Å². The molecule has 0 aliphatic heterocycles. The van der Waals surface area contributed by atoms with Crippen LogP contribution in [0.25, 0.3) is 0 Å². The summed E-state index contributed by atoms with van der Waals surface area (Å²) < 4.78 is 5.03. The molecule has 0 aromatic heterocycles. The lowest BCUT2D eigenvalue weighted by molar-refractivity contribution is -0.383. The predicted molar refractivity (Wildman–Crippen MR) is 73.6 cm³/mol. The van der Waals surface area contributed by atoms with Crippen molar-refractivity contribution in [2.24, 2.45) is 0 Å². The molecule has 0 heterocycles. The fourth-order valence-corrected chi connectivity index (χ4v) is 1.83. The summed E-state index contributed by atoms with van der Waals surface area (Å²) in [6, 6.07) is 4.82. The summed E-state index contributed by atoms with van der Waals surface area (Å²) in [5.41, 5.74) is 0.839. The number of para-hydroxylation sites is 1. The molecule has 0 spiro atoms. The minimum atomic E-state index is -0.434. The van der Waals surface area contributed by atoms with Crippen molar-refractivity contribution < 1.29 is 14.8 Å². The Labute approximate surface area is 111 Å². The van der Waals surface area contributed by atoms with Crippen LogP contribution < -0.4 is 10.6 Å². The highest BCUT2D eigenvalue weighted by atomic mass is 16.6. The molecule has 7 heteroatoms. The van der Waals surface area contributed by atoms with Gasteiger partial charge < -0.3 is 20.5 Å². The van der Waals surface area contributed by atoms with E-state index < -0.39 is 4.92 Å². The topological polar surface area (TPSA) is 96.7 Å². The monoisotopic (exact) mass is 269 g/mol. The lowest BCUT2D eigenvalue weighted by atomic mass is 10.1. The van der Waals surface area contributed by atoms with E-state index in [1.165, 1.54) is 0 Å². The molecule has 0 radical (unpaired) electrons. The van der Waals surface area contributed by atoms with Crippen molar-refractivity contribution >= 4 is 17.1 Å². The van der Waals surface area contributed by atoms with E-state index in [2.05, 4.69) is 10.6 Å². The number of nitro groups is 1. The predicted octanol–water partition coefficient (Wildman–Crippen LogP) is 1.45. The van der Waals surface area contributed by atoms with Crippen LogP contribution in [0.2, 0.25) is 0 Å². The molecule has 106 valence electrons. The number of aliphatic hydroxyl groups excluding tert-OH is 1. The van der Waals surface area contributed by atoms with Crippen LogP contribution in [0.5, 0.6) is 0 Å². The van der Waals surface area contributed by atoms with Gasteiger partial charge in [-0.25, -0.2) is 0 Å². The van der Waals surface area contributed by atoms with Crippen LogP contribution in [-0.4, -0.2) is 43.4 Å². The summed E-state index contributed by atoms with van der Waals surface area (Å²) in [5, 5.41) is 26.0. The highest BCUT2D eigenvalue weighted by Crippen LogP contribution is 2.33. The van der Waals surface area contributed by atoms with Gasteiger partial charge in [0.2, 0.25) is 0 Å². The van der Waals surface area contributed by atoms with Gasteiger partial charge in [0, 0.05) is 20.8 Å². The summed E-state index contributed by atoms with van der Waals surface area (Å²) in [6.07, 6.45) is 0.453. The molecule has 1 aromatic rings. The number of rotatable bonds is 8. The van der Waals surface area contributed by atoms with Gasteiger partial charge in [0.05, 0.1) is 17.6 Å². The van der Waals surface area contributed by atoms with Crippen LogP contribution in [0.1, 0.15) is 6.42 Å². The van der Waals surface area contributed by atoms with E-state index in [0.717, 1.165) is 0 Å². The first-order valence-corrected chi connectivity index (χ1v) is 5.95. The average molecular weight is 269 g/mol. The first-order valence-electron chi connectivity index (χ1n) is 5.95. The van der Waals surface area contributed by atoms with Gasteiger partial charge in [-0.05, 0) is 18.6 Å². The number of nitrogens with one attached hydrogen (secondary N) is 2. The molecule has 0 saturated heterocycles. The van der Waals surface area contributed by atoms with Crippen molar-refractivity contribution in [1.29, 1.82) is 0 Å². The van der Waals surface area contributed by atoms with Gasteiger partial charge in [-0.15, -0.1) is 0 Å². The third-order valence-electron chi connectivity index (χ3n) is 2.69. The van der Waals surface area contributed by atoms with E-state index in [1.54, 1.807) is 32.4 Å². The fraction of sp³-hybridized carbons (Fsp3) is 0.500. The van der Waals surface area contributed by atoms with Crippen molar-refractivity contribution in [2.75, 3.05) is 38.0 Å². The highest BCUT2D eigenvalue weighted by Gasteiger charge is 2.21. The van der Waals surface area contributed by atoms with Crippen molar-refractivity contribution in [1.82, 2.24) is 0 Å². The van der Waals surface area contributed by atoms with E-state index in [9.17, 15) is 10.1 Å². The van der Waals surface area contributed by atoms with E-state index in [4.69, 9.17) is 9.84 Å². The maximum atomic E-state index is 11.1. The number of nitrogens with zero attached hydrogens (tertiary/aromatic N) is 1. The Morgan fingerprint density at radius 3 is 2.68 bits per heavy atom. The SMILES string of the molecule is CNc1cccc(NC(CCO)COC)c1[N+](=O)[O-]. The van der Waals surface area contributed by atoms with E-state index in [0.29, 0.717) is 24.4 Å². The molecule has 1 atom stereocenters. The summed E-state index contributed by atoms with van der Waals surface area (Å²) >= 11 is 0. The van der Waals surface area contributed by atoms with Crippen molar-refractivity contribution in [3.8, 4) is 0 Å². The van der Waals surface area contributed by atoms with Crippen LogP contribution in [0, 0.1) is 10.1 Å². The Hall–Kier alpha value is -1.86. The molecule has 19 heavy (non-hydrogen) atoms. The average Bonchev–Trinajstić information content (AvgIpc) is 2.38. The normalized spacial score (nSPS) is 11.9. The second-order valence-electron chi connectivity index (χ2n) is 4.02. The zero-order chi connectivity index (χ0) is 14.3. The van der Waals surface area contributed by atoms with E-state index in [-0.39, 0.29) is 18.3 Å². The van der Waals surface area contributed by atoms with E-state index in [1.807, 2.05) is 0 Å². The van der Waals surface area contributed by atoms with Crippen LogP contribution in [-0.2, 0) is 4.74 Å².